The van der Waals surface area contributed by atoms with Gasteiger partial charge in [-0.05, 0) is 37.0 Å². The summed E-state index contributed by atoms with van der Waals surface area (Å²) in [6, 6.07) is 7.69. The zero-order chi connectivity index (χ0) is 13.2. The molecule has 98 valence electrons. The topological polar surface area (TPSA) is 37.8 Å². The number of halogens is 2. The molecular weight excluding hydrogens is 281 g/mol. The predicted molar refractivity (Wildman–Crippen MR) is 77.8 cm³/mol. The van der Waals surface area contributed by atoms with Gasteiger partial charge in [0.25, 0.3) is 0 Å². The number of fused-ring (bicyclic) bond motifs is 1. The highest BCUT2D eigenvalue weighted by Crippen LogP contribution is 2.27. The van der Waals surface area contributed by atoms with Gasteiger partial charge in [0, 0.05) is 17.1 Å². The minimum absolute atomic E-state index is 0.584. The molecule has 0 radical (unpaired) electrons. The summed E-state index contributed by atoms with van der Waals surface area (Å²) in [4.78, 5) is 8.81. The van der Waals surface area contributed by atoms with E-state index in [0.29, 0.717) is 17.6 Å². The number of aromatic nitrogens is 2. The molecule has 1 aromatic heterocycles. The zero-order valence-corrected chi connectivity index (χ0v) is 11.8. The van der Waals surface area contributed by atoms with Crippen molar-refractivity contribution in [3.05, 3.63) is 51.3 Å². The molecule has 0 fully saturated rings. The Labute approximate surface area is 122 Å². The van der Waals surface area contributed by atoms with E-state index < -0.39 is 0 Å². The quantitative estimate of drug-likeness (QED) is 0.873. The van der Waals surface area contributed by atoms with Gasteiger partial charge in [-0.1, -0.05) is 35.3 Å². The molecule has 0 atom stereocenters. The lowest BCUT2D eigenvalue weighted by molar-refractivity contribution is 0.898. The third-order valence-electron chi connectivity index (χ3n) is 3.25. The summed E-state index contributed by atoms with van der Waals surface area (Å²) in [6.45, 7) is 0.659. The highest BCUT2D eigenvalue weighted by Gasteiger charge is 2.17. The van der Waals surface area contributed by atoms with E-state index in [9.17, 15) is 0 Å². The van der Waals surface area contributed by atoms with Gasteiger partial charge in [0.05, 0.1) is 5.69 Å². The van der Waals surface area contributed by atoms with Crippen LogP contribution in [-0.2, 0) is 19.4 Å². The Morgan fingerprint density at radius 3 is 2.63 bits per heavy atom. The lowest BCUT2D eigenvalue weighted by atomic mass is 10.2. The van der Waals surface area contributed by atoms with E-state index in [1.165, 1.54) is 0 Å². The summed E-state index contributed by atoms with van der Waals surface area (Å²) >= 11 is 12.0. The van der Waals surface area contributed by atoms with Crippen LogP contribution in [0.3, 0.4) is 0 Å². The average molecular weight is 294 g/mol. The SMILES string of the molecule is Clc1ccc(CNc2nc(Cl)c3c(n2)CCC3)cc1. The van der Waals surface area contributed by atoms with E-state index in [4.69, 9.17) is 23.2 Å². The van der Waals surface area contributed by atoms with Gasteiger partial charge >= 0.3 is 0 Å². The summed E-state index contributed by atoms with van der Waals surface area (Å²) < 4.78 is 0. The number of anilines is 1. The lowest BCUT2D eigenvalue weighted by Gasteiger charge is -2.08. The molecule has 1 aromatic carbocycles. The zero-order valence-electron chi connectivity index (χ0n) is 10.3. The van der Waals surface area contributed by atoms with Crippen LogP contribution in [0.4, 0.5) is 5.95 Å². The smallest absolute Gasteiger partial charge is 0.224 e. The molecule has 3 rings (SSSR count). The third kappa shape index (κ3) is 2.82. The maximum Gasteiger partial charge on any atom is 0.224 e. The van der Waals surface area contributed by atoms with Crippen LogP contribution >= 0.6 is 23.2 Å². The van der Waals surface area contributed by atoms with Crippen LogP contribution in [0.15, 0.2) is 24.3 Å². The van der Waals surface area contributed by atoms with Crippen molar-refractivity contribution >= 4 is 29.2 Å². The van der Waals surface area contributed by atoms with Crippen molar-refractivity contribution in [1.29, 1.82) is 0 Å². The van der Waals surface area contributed by atoms with Crippen LogP contribution in [-0.4, -0.2) is 9.97 Å². The normalized spacial score (nSPS) is 13.4. The van der Waals surface area contributed by atoms with E-state index in [2.05, 4.69) is 15.3 Å². The molecule has 0 aliphatic heterocycles. The van der Waals surface area contributed by atoms with Gasteiger partial charge in [-0.2, -0.15) is 0 Å². The van der Waals surface area contributed by atoms with Crippen LogP contribution in [0.1, 0.15) is 23.2 Å². The number of hydrogen-bond donors (Lipinski definition) is 1. The van der Waals surface area contributed by atoms with Gasteiger partial charge < -0.3 is 5.32 Å². The molecule has 0 saturated carbocycles. The fourth-order valence-corrected chi connectivity index (χ4v) is 2.66. The van der Waals surface area contributed by atoms with Crippen molar-refractivity contribution < 1.29 is 0 Å². The third-order valence-corrected chi connectivity index (χ3v) is 3.81. The maximum absolute atomic E-state index is 6.17. The Morgan fingerprint density at radius 1 is 1.05 bits per heavy atom. The number of benzene rings is 1. The Kier molecular flexibility index (Phi) is 3.58. The summed E-state index contributed by atoms with van der Waals surface area (Å²) in [5.41, 5.74) is 3.32. The van der Waals surface area contributed by atoms with Crippen LogP contribution < -0.4 is 5.32 Å². The summed E-state index contributed by atoms with van der Waals surface area (Å²) in [7, 11) is 0. The second-order valence-electron chi connectivity index (χ2n) is 4.60. The largest absolute Gasteiger partial charge is 0.350 e. The molecule has 19 heavy (non-hydrogen) atoms. The molecule has 0 saturated heterocycles. The van der Waals surface area contributed by atoms with E-state index in [1.807, 2.05) is 24.3 Å². The van der Waals surface area contributed by atoms with Crippen LogP contribution in [0, 0.1) is 0 Å². The number of nitrogens with one attached hydrogen (secondary N) is 1. The second kappa shape index (κ2) is 5.35. The van der Waals surface area contributed by atoms with Gasteiger partial charge in [0.2, 0.25) is 5.95 Å². The van der Waals surface area contributed by atoms with Crippen molar-refractivity contribution in [1.82, 2.24) is 9.97 Å². The molecule has 1 heterocycles. The highest BCUT2D eigenvalue weighted by atomic mass is 35.5. The molecule has 1 N–H and O–H groups in total. The van der Waals surface area contributed by atoms with Crippen molar-refractivity contribution in [2.45, 2.75) is 25.8 Å². The monoisotopic (exact) mass is 293 g/mol. The number of hydrogen-bond acceptors (Lipinski definition) is 3. The molecule has 1 aliphatic carbocycles. The van der Waals surface area contributed by atoms with Gasteiger partial charge in [-0.15, -0.1) is 0 Å². The Balaban J connectivity index is 1.73. The predicted octanol–water partition coefficient (Wildman–Crippen LogP) is 3.88. The molecule has 1 aliphatic rings. The fourth-order valence-electron chi connectivity index (χ4n) is 2.25. The molecule has 3 nitrogen and oxygen atoms in total. The van der Waals surface area contributed by atoms with Crippen molar-refractivity contribution in [2.24, 2.45) is 0 Å². The van der Waals surface area contributed by atoms with Crippen molar-refractivity contribution in [3.8, 4) is 0 Å². The van der Waals surface area contributed by atoms with E-state index >= 15 is 0 Å². The maximum atomic E-state index is 6.17. The Morgan fingerprint density at radius 2 is 1.84 bits per heavy atom. The van der Waals surface area contributed by atoms with E-state index in [-0.39, 0.29) is 0 Å². The first-order valence-corrected chi connectivity index (χ1v) is 7.01. The van der Waals surface area contributed by atoms with Gasteiger partial charge in [-0.3, -0.25) is 0 Å². The van der Waals surface area contributed by atoms with Gasteiger partial charge in [0.1, 0.15) is 5.15 Å². The van der Waals surface area contributed by atoms with Crippen molar-refractivity contribution in [2.75, 3.05) is 5.32 Å². The first-order chi connectivity index (χ1) is 9.22. The van der Waals surface area contributed by atoms with Gasteiger partial charge in [-0.25, -0.2) is 9.97 Å². The Hall–Kier alpha value is -1.32. The van der Waals surface area contributed by atoms with Crippen LogP contribution in [0.25, 0.3) is 0 Å². The first-order valence-electron chi connectivity index (χ1n) is 6.26. The minimum Gasteiger partial charge on any atom is -0.350 e. The molecular formula is C14H13Cl2N3. The van der Waals surface area contributed by atoms with E-state index in [1.54, 1.807) is 0 Å². The Bertz CT molecular complexity index is 596. The molecule has 5 heteroatoms. The van der Waals surface area contributed by atoms with Crippen LogP contribution in [0.5, 0.6) is 0 Å². The molecule has 0 unspecified atom stereocenters. The first kappa shape index (κ1) is 12.7. The highest BCUT2D eigenvalue weighted by molar-refractivity contribution is 6.30. The number of rotatable bonds is 3. The van der Waals surface area contributed by atoms with E-state index in [0.717, 1.165) is 41.1 Å². The summed E-state index contributed by atoms with van der Waals surface area (Å²) in [5, 5.41) is 4.52. The lowest BCUT2D eigenvalue weighted by Crippen LogP contribution is -2.06. The molecule has 2 aromatic rings. The summed E-state index contributed by atoms with van der Waals surface area (Å²) in [6.07, 6.45) is 3.10. The minimum atomic E-state index is 0.584. The standard InChI is InChI=1S/C14H13Cl2N3/c15-10-6-4-9(5-7-10)8-17-14-18-12-3-1-2-11(12)13(16)19-14/h4-7H,1-3,8H2,(H,17,18,19). The molecule has 0 amide bonds. The number of aryl methyl sites for hydroxylation is 1. The van der Waals surface area contributed by atoms with Crippen LogP contribution in [0.2, 0.25) is 10.2 Å². The molecule has 0 bridgehead atoms. The van der Waals surface area contributed by atoms with Crippen molar-refractivity contribution in [3.63, 3.8) is 0 Å². The molecule has 0 spiro atoms. The second-order valence-corrected chi connectivity index (χ2v) is 5.39. The number of nitrogens with zero attached hydrogens (tertiary/aromatic N) is 2. The van der Waals surface area contributed by atoms with Gasteiger partial charge in [0.15, 0.2) is 0 Å². The fraction of sp³-hybridized carbons (Fsp3) is 0.286. The average Bonchev–Trinajstić information content (AvgIpc) is 2.87. The summed E-state index contributed by atoms with van der Waals surface area (Å²) in [5.74, 6) is 0.598.